The van der Waals surface area contributed by atoms with Gasteiger partial charge in [0.25, 0.3) is 5.69 Å². The number of aromatic amines is 1. The first kappa shape index (κ1) is 18.2. The predicted molar refractivity (Wildman–Crippen MR) is 86.7 cm³/mol. The number of ketones is 1. The van der Waals surface area contributed by atoms with Crippen LogP contribution in [-0.4, -0.2) is 50.4 Å². The molecular weight excluding hydrogens is 330 g/mol. The second kappa shape index (κ2) is 8.13. The zero-order valence-electron chi connectivity index (χ0n) is 13.1. The second-order valence-corrected chi connectivity index (χ2v) is 5.27. The van der Waals surface area contributed by atoms with E-state index in [4.69, 9.17) is 5.73 Å². The quantitative estimate of drug-likeness (QED) is 0.285. The molecule has 10 heteroatoms. The van der Waals surface area contributed by atoms with E-state index in [0.29, 0.717) is 5.69 Å². The molecule has 5 N–H and O–H groups in total. The van der Waals surface area contributed by atoms with Crippen LogP contribution in [0.5, 0.6) is 0 Å². The Kier molecular flexibility index (Phi) is 5.93. The largest absolute Gasteiger partial charge is 0.394 e. The fraction of sp³-hybridized carbons (Fsp3) is 0.267. The van der Waals surface area contributed by atoms with E-state index >= 15 is 0 Å². The maximum atomic E-state index is 12.4. The molecule has 0 fully saturated rings. The molecule has 0 saturated heterocycles. The maximum Gasteiger partial charge on any atom is 0.280 e. The molecule has 132 valence electrons. The van der Waals surface area contributed by atoms with Crippen molar-refractivity contribution in [1.29, 1.82) is 0 Å². The van der Waals surface area contributed by atoms with E-state index in [-0.39, 0.29) is 12.0 Å². The molecule has 0 spiro atoms. The summed E-state index contributed by atoms with van der Waals surface area (Å²) in [5.74, 6) is -1.43. The zero-order valence-corrected chi connectivity index (χ0v) is 13.1. The van der Waals surface area contributed by atoms with Crippen LogP contribution in [0.3, 0.4) is 0 Å². The molecule has 0 bridgehead atoms. The molecule has 0 radical (unpaired) electrons. The normalized spacial score (nSPS) is 13.0. The van der Waals surface area contributed by atoms with Crippen molar-refractivity contribution >= 4 is 17.4 Å². The molecule has 1 aromatic carbocycles. The average Bonchev–Trinajstić information content (AvgIpc) is 3.11. The molecule has 25 heavy (non-hydrogen) atoms. The molecular formula is C15H17N5O5. The van der Waals surface area contributed by atoms with Crippen molar-refractivity contribution in [3.05, 3.63) is 58.2 Å². The van der Waals surface area contributed by atoms with Crippen molar-refractivity contribution in [2.75, 3.05) is 6.61 Å². The number of carbonyl (C=O) groups excluding carboxylic acids is 2. The molecule has 2 rings (SSSR count). The van der Waals surface area contributed by atoms with Gasteiger partial charge in [-0.05, 0) is 6.07 Å². The Morgan fingerprint density at radius 1 is 1.40 bits per heavy atom. The van der Waals surface area contributed by atoms with Crippen molar-refractivity contribution in [2.45, 2.75) is 18.5 Å². The third-order valence-corrected chi connectivity index (χ3v) is 3.51. The number of para-hydroxylation sites is 1. The summed E-state index contributed by atoms with van der Waals surface area (Å²) in [7, 11) is 0. The lowest BCUT2D eigenvalue weighted by molar-refractivity contribution is -0.385. The Hall–Kier alpha value is -3.11. The van der Waals surface area contributed by atoms with Crippen molar-refractivity contribution in [1.82, 2.24) is 15.3 Å². The number of benzene rings is 1. The fourth-order valence-corrected chi connectivity index (χ4v) is 2.23. The van der Waals surface area contributed by atoms with E-state index in [1.54, 1.807) is 0 Å². The number of imidazole rings is 1. The smallest absolute Gasteiger partial charge is 0.280 e. The number of nitrogens with zero attached hydrogens (tertiary/aromatic N) is 2. The number of aliphatic hydroxyl groups excluding tert-OH is 1. The summed E-state index contributed by atoms with van der Waals surface area (Å²) in [5, 5.41) is 22.8. The molecule has 2 atom stereocenters. The molecule has 2 aromatic rings. The van der Waals surface area contributed by atoms with Crippen LogP contribution in [0.4, 0.5) is 5.69 Å². The number of amides is 1. The van der Waals surface area contributed by atoms with Crippen molar-refractivity contribution in [2.24, 2.45) is 5.73 Å². The first-order chi connectivity index (χ1) is 11.9. The number of nitrogens with two attached hydrogens (primary N) is 1. The molecule has 1 amide bonds. The van der Waals surface area contributed by atoms with E-state index in [0.717, 1.165) is 0 Å². The number of hydrogen-bond donors (Lipinski definition) is 4. The van der Waals surface area contributed by atoms with Gasteiger partial charge in [0.05, 0.1) is 29.5 Å². The van der Waals surface area contributed by atoms with E-state index in [2.05, 4.69) is 15.3 Å². The van der Waals surface area contributed by atoms with Gasteiger partial charge in [-0.2, -0.15) is 0 Å². The fourth-order valence-electron chi connectivity index (χ4n) is 2.23. The first-order valence-corrected chi connectivity index (χ1v) is 7.35. The molecule has 0 unspecified atom stereocenters. The molecule has 0 saturated carbocycles. The molecule has 0 aliphatic rings. The van der Waals surface area contributed by atoms with Crippen LogP contribution in [0, 0.1) is 10.1 Å². The van der Waals surface area contributed by atoms with Gasteiger partial charge in [0.15, 0.2) is 5.78 Å². The van der Waals surface area contributed by atoms with E-state index in [1.165, 1.54) is 36.8 Å². The van der Waals surface area contributed by atoms with E-state index < -0.39 is 41.0 Å². The van der Waals surface area contributed by atoms with E-state index in [9.17, 15) is 24.8 Å². The number of aromatic nitrogens is 2. The minimum atomic E-state index is -1.33. The number of carbonyl (C=O) groups is 2. The maximum absolute atomic E-state index is 12.4. The van der Waals surface area contributed by atoms with Gasteiger partial charge in [0, 0.05) is 24.4 Å². The minimum absolute atomic E-state index is 0.156. The number of nitro groups is 1. The summed E-state index contributed by atoms with van der Waals surface area (Å²) in [5.41, 5.74) is 5.80. The van der Waals surface area contributed by atoms with Gasteiger partial charge in [-0.1, -0.05) is 12.1 Å². The van der Waals surface area contributed by atoms with Crippen LogP contribution < -0.4 is 11.1 Å². The van der Waals surface area contributed by atoms with Gasteiger partial charge in [-0.3, -0.25) is 19.7 Å². The Balaban J connectivity index is 2.10. The third-order valence-electron chi connectivity index (χ3n) is 3.51. The lowest BCUT2D eigenvalue weighted by Gasteiger charge is -2.18. The highest BCUT2D eigenvalue weighted by Gasteiger charge is 2.28. The summed E-state index contributed by atoms with van der Waals surface area (Å²) in [4.78, 5) is 41.5. The highest BCUT2D eigenvalue weighted by molar-refractivity contribution is 6.05. The monoisotopic (exact) mass is 347 g/mol. The number of hydrogen-bond acceptors (Lipinski definition) is 7. The van der Waals surface area contributed by atoms with Gasteiger partial charge in [-0.25, -0.2) is 4.98 Å². The lowest BCUT2D eigenvalue weighted by Crippen LogP contribution is -2.50. The summed E-state index contributed by atoms with van der Waals surface area (Å²) in [6.07, 6.45) is 3.10. The number of aliphatic hydroxyl groups is 1. The van der Waals surface area contributed by atoms with Crippen LogP contribution in [0.1, 0.15) is 16.1 Å². The molecule has 10 nitrogen and oxygen atoms in total. The van der Waals surface area contributed by atoms with Crippen LogP contribution in [0.2, 0.25) is 0 Å². The van der Waals surface area contributed by atoms with Gasteiger partial charge in [0.1, 0.15) is 6.04 Å². The predicted octanol–water partition coefficient (Wildman–Crippen LogP) is -0.452. The number of nitro benzene ring substituents is 1. The molecule has 0 aliphatic carbocycles. The van der Waals surface area contributed by atoms with Crippen molar-refractivity contribution < 1.29 is 19.6 Å². The standard InChI is InChI=1S/C15H17N5O5/c16-11(5-9-6-17-8-18-9)15(23)19-12(7-21)14(22)10-3-1-2-4-13(10)20(24)25/h1-4,6,8,11-12,21H,5,7,16H2,(H,17,18)(H,19,23)/t11-,12-/m0/s1. The third kappa shape index (κ3) is 4.46. The molecule has 1 aromatic heterocycles. The number of nitrogens with one attached hydrogen (secondary N) is 2. The van der Waals surface area contributed by atoms with Gasteiger partial charge in [-0.15, -0.1) is 0 Å². The van der Waals surface area contributed by atoms with Crippen molar-refractivity contribution in [3.8, 4) is 0 Å². The Labute approximate surface area is 142 Å². The minimum Gasteiger partial charge on any atom is -0.394 e. The Morgan fingerprint density at radius 3 is 2.72 bits per heavy atom. The summed E-state index contributed by atoms with van der Waals surface area (Å²) in [6.45, 7) is -0.715. The van der Waals surface area contributed by atoms with Gasteiger partial charge < -0.3 is 21.1 Å². The Bertz CT molecular complexity index is 761. The average molecular weight is 347 g/mol. The number of Topliss-reactive ketones (excluding diaryl/α,β-unsaturated/α-hetero) is 1. The van der Waals surface area contributed by atoms with E-state index in [1.807, 2.05) is 0 Å². The van der Waals surface area contributed by atoms with Gasteiger partial charge in [0.2, 0.25) is 5.91 Å². The van der Waals surface area contributed by atoms with Crippen LogP contribution in [0.25, 0.3) is 0 Å². The molecule has 1 heterocycles. The topological polar surface area (TPSA) is 164 Å². The Morgan fingerprint density at radius 2 is 2.12 bits per heavy atom. The zero-order chi connectivity index (χ0) is 18.4. The summed E-state index contributed by atoms with van der Waals surface area (Å²) >= 11 is 0. The highest BCUT2D eigenvalue weighted by Crippen LogP contribution is 2.19. The first-order valence-electron chi connectivity index (χ1n) is 7.35. The number of rotatable bonds is 8. The number of H-pyrrole nitrogens is 1. The lowest BCUT2D eigenvalue weighted by atomic mass is 10.0. The van der Waals surface area contributed by atoms with Crippen LogP contribution >= 0.6 is 0 Å². The van der Waals surface area contributed by atoms with Gasteiger partial charge >= 0.3 is 0 Å². The SMILES string of the molecule is N[C@@H](Cc1cnc[nH]1)C(=O)N[C@@H](CO)C(=O)c1ccccc1[N+](=O)[O-]. The second-order valence-electron chi connectivity index (χ2n) is 5.27. The van der Waals surface area contributed by atoms with Crippen LogP contribution in [0.15, 0.2) is 36.8 Å². The summed E-state index contributed by atoms with van der Waals surface area (Å²) < 4.78 is 0. The highest BCUT2D eigenvalue weighted by atomic mass is 16.6. The van der Waals surface area contributed by atoms with Crippen LogP contribution in [-0.2, 0) is 11.2 Å². The molecule has 0 aliphatic heterocycles. The summed E-state index contributed by atoms with van der Waals surface area (Å²) in [6, 6.07) is 3.00. The van der Waals surface area contributed by atoms with Crippen molar-refractivity contribution in [3.63, 3.8) is 0 Å².